The lowest BCUT2D eigenvalue weighted by atomic mass is 9.81. The summed E-state index contributed by atoms with van der Waals surface area (Å²) in [7, 11) is 0. The Balaban J connectivity index is 1.83. The fraction of sp³-hybridized carbons (Fsp3) is 0.786. The molecule has 0 amide bonds. The minimum absolute atomic E-state index is 0.331. The minimum atomic E-state index is 0.331. The molecule has 2 atom stereocenters. The summed E-state index contributed by atoms with van der Waals surface area (Å²) in [6.07, 6.45) is 7.41. The molecule has 0 spiro atoms. The zero-order valence-electron chi connectivity index (χ0n) is 11.2. The first-order chi connectivity index (χ1) is 8.81. The van der Waals surface area contributed by atoms with E-state index < -0.39 is 0 Å². The van der Waals surface area contributed by atoms with Gasteiger partial charge in [-0.15, -0.1) is 11.3 Å². The number of aryl methyl sites for hydroxylation is 1. The second kappa shape index (κ2) is 7.22. The number of nitrogens with one attached hydrogen (secondary N) is 1. The molecule has 1 aliphatic carbocycles. The molecule has 2 unspecified atom stereocenters. The first kappa shape index (κ1) is 14.0. The molecular formula is C14H24N2OS. The molecule has 2 rings (SSSR count). The van der Waals surface area contributed by atoms with Gasteiger partial charge in [-0.3, -0.25) is 0 Å². The molecule has 1 heterocycles. The van der Waals surface area contributed by atoms with Crippen LogP contribution in [0.4, 0.5) is 0 Å². The number of aliphatic hydroxyl groups excluding tert-OH is 1. The summed E-state index contributed by atoms with van der Waals surface area (Å²) in [4.78, 5) is 5.66. The van der Waals surface area contributed by atoms with E-state index in [9.17, 15) is 0 Å². The molecule has 18 heavy (non-hydrogen) atoms. The van der Waals surface area contributed by atoms with Crippen LogP contribution in [0.25, 0.3) is 0 Å². The van der Waals surface area contributed by atoms with Crippen LogP contribution in [0.2, 0.25) is 0 Å². The molecule has 1 aromatic rings. The molecule has 0 aromatic carbocycles. The highest BCUT2D eigenvalue weighted by Crippen LogP contribution is 2.28. The lowest BCUT2D eigenvalue weighted by molar-refractivity contribution is 0.216. The van der Waals surface area contributed by atoms with Gasteiger partial charge in [0.2, 0.25) is 0 Å². The molecular weight excluding hydrogens is 244 g/mol. The number of hydrogen-bond donors (Lipinski definition) is 2. The van der Waals surface area contributed by atoms with Crippen molar-refractivity contribution in [3.8, 4) is 0 Å². The summed E-state index contributed by atoms with van der Waals surface area (Å²) < 4.78 is 0. The molecule has 3 nitrogen and oxygen atoms in total. The Morgan fingerprint density at radius 3 is 3.00 bits per heavy atom. The maximum atomic E-state index is 8.97. The Morgan fingerprint density at radius 2 is 2.28 bits per heavy atom. The molecule has 0 aliphatic heterocycles. The van der Waals surface area contributed by atoms with Crippen molar-refractivity contribution in [3.05, 3.63) is 16.1 Å². The SMILES string of the molecule is Cc1ncsc1CNC1CCCCC1CCCO. The Hall–Kier alpha value is -0.450. The predicted octanol–water partition coefficient (Wildman–Crippen LogP) is 2.87. The van der Waals surface area contributed by atoms with Crippen LogP contribution in [0, 0.1) is 12.8 Å². The molecule has 0 bridgehead atoms. The van der Waals surface area contributed by atoms with Gasteiger partial charge in [-0.05, 0) is 38.5 Å². The maximum Gasteiger partial charge on any atom is 0.0798 e. The van der Waals surface area contributed by atoms with Gasteiger partial charge in [0.25, 0.3) is 0 Å². The molecule has 1 aromatic heterocycles. The van der Waals surface area contributed by atoms with Gasteiger partial charge in [-0.2, -0.15) is 0 Å². The summed E-state index contributed by atoms with van der Waals surface area (Å²) in [6, 6.07) is 0.631. The summed E-state index contributed by atoms with van der Waals surface area (Å²) >= 11 is 1.74. The second-order valence-corrected chi connectivity index (χ2v) is 6.20. The molecule has 1 aliphatic rings. The van der Waals surface area contributed by atoms with E-state index in [2.05, 4.69) is 17.2 Å². The summed E-state index contributed by atoms with van der Waals surface area (Å²) in [5.41, 5.74) is 3.09. The van der Waals surface area contributed by atoms with Crippen molar-refractivity contribution in [3.63, 3.8) is 0 Å². The number of aliphatic hydroxyl groups is 1. The standard InChI is InChI=1S/C14H24N2OS/c1-11-14(18-10-16-11)9-15-13-7-3-2-5-12(13)6-4-8-17/h10,12-13,15,17H,2-9H2,1H3. The van der Waals surface area contributed by atoms with Crippen molar-refractivity contribution >= 4 is 11.3 Å². The fourth-order valence-corrected chi connectivity index (χ4v) is 3.62. The highest BCUT2D eigenvalue weighted by atomic mass is 32.1. The molecule has 102 valence electrons. The highest BCUT2D eigenvalue weighted by Gasteiger charge is 2.24. The molecule has 0 radical (unpaired) electrons. The topological polar surface area (TPSA) is 45.2 Å². The van der Waals surface area contributed by atoms with E-state index in [0.717, 1.165) is 31.0 Å². The van der Waals surface area contributed by atoms with Crippen LogP contribution in [0.5, 0.6) is 0 Å². The van der Waals surface area contributed by atoms with E-state index in [-0.39, 0.29) is 0 Å². The van der Waals surface area contributed by atoms with Gasteiger partial charge < -0.3 is 10.4 Å². The van der Waals surface area contributed by atoms with Gasteiger partial charge in [-0.1, -0.05) is 12.8 Å². The van der Waals surface area contributed by atoms with Crippen molar-refractivity contribution in [2.75, 3.05) is 6.61 Å². The van der Waals surface area contributed by atoms with Crippen molar-refractivity contribution < 1.29 is 5.11 Å². The van der Waals surface area contributed by atoms with Crippen LogP contribution in [-0.2, 0) is 6.54 Å². The van der Waals surface area contributed by atoms with Crippen LogP contribution >= 0.6 is 11.3 Å². The summed E-state index contributed by atoms with van der Waals surface area (Å²) in [6.45, 7) is 3.37. The highest BCUT2D eigenvalue weighted by molar-refractivity contribution is 7.09. The number of hydrogen-bond acceptors (Lipinski definition) is 4. The smallest absolute Gasteiger partial charge is 0.0798 e. The van der Waals surface area contributed by atoms with Gasteiger partial charge in [0.05, 0.1) is 11.2 Å². The maximum absolute atomic E-state index is 8.97. The Morgan fingerprint density at radius 1 is 1.44 bits per heavy atom. The van der Waals surface area contributed by atoms with Crippen molar-refractivity contribution in [1.82, 2.24) is 10.3 Å². The largest absolute Gasteiger partial charge is 0.396 e. The van der Waals surface area contributed by atoms with E-state index in [1.54, 1.807) is 11.3 Å². The molecule has 0 saturated heterocycles. The Kier molecular flexibility index (Phi) is 5.60. The normalized spacial score (nSPS) is 24.3. The van der Waals surface area contributed by atoms with Crippen molar-refractivity contribution in [2.45, 2.75) is 58.0 Å². The Labute approximate surface area is 114 Å². The second-order valence-electron chi connectivity index (χ2n) is 5.26. The minimum Gasteiger partial charge on any atom is -0.396 e. The molecule has 4 heteroatoms. The fourth-order valence-electron chi connectivity index (χ4n) is 2.90. The van der Waals surface area contributed by atoms with Crippen LogP contribution < -0.4 is 5.32 Å². The van der Waals surface area contributed by atoms with Gasteiger partial charge in [0.15, 0.2) is 0 Å². The lowest BCUT2D eigenvalue weighted by Crippen LogP contribution is -2.38. The third-order valence-electron chi connectivity index (χ3n) is 4.01. The molecule has 1 saturated carbocycles. The van der Waals surface area contributed by atoms with Crippen LogP contribution in [0.15, 0.2) is 5.51 Å². The lowest BCUT2D eigenvalue weighted by Gasteiger charge is -2.32. The number of nitrogens with zero attached hydrogens (tertiary/aromatic N) is 1. The van der Waals surface area contributed by atoms with Crippen LogP contribution in [0.1, 0.15) is 49.1 Å². The molecule has 1 fully saturated rings. The van der Waals surface area contributed by atoms with Crippen LogP contribution in [-0.4, -0.2) is 22.7 Å². The van der Waals surface area contributed by atoms with Gasteiger partial charge in [0.1, 0.15) is 0 Å². The van der Waals surface area contributed by atoms with E-state index >= 15 is 0 Å². The number of rotatable bonds is 6. The van der Waals surface area contributed by atoms with E-state index in [4.69, 9.17) is 5.11 Å². The zero-order valence-corrected chi connectivity index (χ0v) is 12.0. The summed E-state index contributed by atoms with van der Waals surface area (Å²) in [5.74, 6) is 0.749. The van der Waals surface area contributed by atoms with E-state index in [1.165, 1.54) is 30.6 Å². The Bertz CT molecular complexity index is 353. The third-order valence-corrected chi connectivity index (χ3v) is 4.95. The van der Waals surface area contributed by atoms with Crippen LogP contribution in [0.3, 0.4) is 0 Å². The quantitative estimate of drug-likeness (QED) is 0.834. The monoisotopic (exact) mass is 268 g/mol. The van der Waals surface area contributed by atoms with Gasteiger partial charge in [-0.25, -0.2) is 4.98 Å². The van der Waals surface area contributed by atoms with Crippen molar-refractivity contribution in [1.29, 1.82) is 0 Å². The first-order valence-electron chi connectivity index (χ1n) is 7.04. The van der Waals surface area contributed by atoms with E-state index in [0.29, 0.717) is 12.6 Å². The molecule has 2 N–H and O–H groups in total. The number of aromatic nitrogens is 1. The van der Waals surface area contributed by atoms with E-state index in [1.807, 2.05) is 5.51 Å². The average Bonchev–Trinajstić information content (AvgIpc) is 2.80. The summed E-state index contributed by atoms with van der Waals surface area (Å²) in [5, 5.41) is 12.7. The zero-order chi connectivity index (χ0) is 12.8. The number of thiazole rings is 1. The van der Waals surface area contributed by atoms with Gasteiger partial charge in [0, 0.05) is 24.1 Å². The average molecular weight is 268 g/mol. The first-order valence-corrected chi connectivity index (χ1v) is 7.92. The predicted molar refractivity (Wildman–Crippen MR) is 75.8 cm³/mol. The van der Waals surface area contributed by atoms with Gasteiger partial charge >= 0.3 is 0 Å². The third kappa shape index (κ3) is 3.77. The van der Waals surface area contributed by atoms with Crippen molar-refractivity contribution in [2.24, 2.45) is 5.92 Å².